The molecule has 1 N–H and O–H groups in total. The molecule has 1 fully saturated rings. The lowest BCUT2D eigenvalue weighted by molar-refractivity contribution is -0.137. The molecule has 3 aromatic carbocycles. The van der Waals surface area contributed by atoms with Crippen molar-refractivity contribution in [3.8, 4) is 11.5 Å². The molecule has 4 rings (SSSR count). The van der Waals surface area contributed by atoms with E-state index in [-0.39, 0.29) is 33.3 Å². The van der Waals surface area contributed by atoms with E-state index in [2.05, 4.69) is 0 Å². The number of ether oxygens (including phenoxy) is 2. The van der Waals surface area contributed by atoms with Crippen LogP contribution in [0.2, 0.25) is 5.02 Å². The number of aliphatic hydroxyl groups excluding tert-OH is 1. The van der Waals surface area contributed by atoms with E-state index in [1.165, 1.54) is 38.5 Å². The molecule has 3 aromatic rings. The molecule has 0 radical (unpaired) electrons. The van der Waals surface area contributed by atoms with Crippen molar-refractivity contribution in [2.24, 2.45) is 0 Å². The Morgan fingerprint density at radius 2 is 1.54 bits per heavy atom. The second kappa shape index (κ2) is 9.78. The van der Waals surface area contributed by atoms with Crippen molar-refractivity contribution in [1.29, 1.82) is 0 Å². The normalized spacial score (nSPS) is 17.3. The Kier molecular flexibility index (Phi) is 6.88. The minimum absolute atomic E-state index is 0.0363. The highest BCUT2D eigenvalue weighted by atomic mass is 35.5. The van der Waals surface area contributed by atoms with Crippen molar-refractivity contribution < 1.29 is 41.7 Å². The zero-order valence-electron chi connectivity index (χ0n) is 19.3. The number of ketones is 1. The van der Waals surface area contributed by atoms with Crippen molar-refractivity contribution in [1.82, 2.24) is 0 Å². The number of anilines is 1. The van der Waals surface area contributed by atoms with Crippen LogP contribution in [0.4, 0.5) is 23.2 Å². The summed E-state index contributed by atoms with van der Waals surface area (Å²) in [4.78, 5) is 27.3. The van der Waals surface area contributed by atoms with E-state index < -0.39 is 46.6 Å². The monoisotopic (exact) mass is 535 g/mol. The van der Waals surface area contributed by atoms with E-state index in [1.54, 1.807) is 0 Å². The number of Topliss-reactive ketones (excluding diaryl/α,β-unsaturated/α-hetero) is 1. The number of halogens is 5. The van der Waals surface area contributed by atoms with Crippen LogP contribution in [-0.2, 0) is 15.8 Å². The molecule has 0 saturated carbocycles. The van der Waals surface area contributed by atoms with Gasteiger partial charge in [-0.05, 0) is 48.0 Å². The number of carbonyl (C=O) groups is 2. The van der Waals surface area contributed by atoms with Gasteiger partial charge in [-0.1, -0.05) is 23.7 Å². The predicted molar refractivity (Wildman–Crippen MR) is 127 cm³/mol. The zero-order chi connectivity index (χ0) is 27.1. The maximum Gasteiger partial charge on any atom is 0.416 e. The lowest BCUT2D eigenvalue weighted by Gasteiger charge is -2.26. The predicted octanol–water partition coefficient (Wildman–Crippen LogP) is 6.14. The maximum atomic E-state index is 13.7. The second-order valence-corrected chi connectivity index (χ2v) is 8.36. The summed E-state index contributed by atoms with van der Waals surface area (Å²) in [5.74, 6) is -3.18. The Balaban J connectivity index is 1.95. The van der Waals surface area contributed by atoms with E-state index >= 15 is 0 Å². The first kappa shape index (κ1) is 26.0. The summed E-state index contributed by atoms with van der Waals surface area (Å²) in [6.07, 6.45) is -4.62. The van der Waals surface area contributed by atoms with Crippen molar-refractivity contribution in [3.05, 3.63) is 93.8 Å². The zero-order valence-corrected chi connectivity index (χ0v) is 20.0. The second-order valence-electron chi connectivity index (χ2n) is 7.95. The number of amides is 1. The Labute approximate surface area is 213 Å². The molecule has 1 aliphatic heterocycles. The van der Waals surface area contributed by atoms with Gasteiger partial charge in [-0.25, -0.2) is 4.39 Å². The molecule has 0 spiro atoms. The summed E-state index contributed by atoms with van der Waals surface area (Å²) in [6.45, 7) is 0. The quantitative estimate of drug-likeness (QED) is 0.184. The fourth-order valence-corrected chi connectivity index (χ4v) is 4.30. The number of methoxy groups -OCH3 is 2. The van der Waals surface area contributed by atoms with Crippen LogP contribution in [0.3, 0.4) is 0 Å². The van der Waals surface area contributed by atoms with Gasteiger partial charge in [-0.3, -0.25) is 14.5 Å². The number of alkyl halides is 3. The molecule has 1 heterocycles. The first-order valence-electron chi connectivity index (χ1n) is 10.6. The fourth-order valence-electron chi connectivity index (χ4n) is 4.06. The van der Waals surface area contributed by atoms with E-state index in [0.29, 0.717) is 0 Å². The molecule has 0 bridgehead atoms. The molecule has 1 amide bonds. The van der Waals surface area contributed by atoms with Gasteiger partial charge in [0, 0.05) is 11.8 Å². The number of hydrogen-bond donors (Lipinski definition) is 1. The molecule has 192 valence electrons. The van der Waals surface area contributed by atoms with E-state index in [4.69, 9.17) is 21.1 Å². The van der Waals surface area contributed by atoms with Crippen molar-refractivity contribution in [3.63, 3.8) is 0 Å². The molecule has 1 aliphatic rings. The number of nitrogens with zero attached hydrogens (tertiary/aromatic N) is 1. The van der Waals surface area contributed by atoms with Gasteiger partial charge < -0.3 is 14.6 Å². The highest BCUT2D eigenvalue weighted by Gasteiger charge is 2.47. The minimum atomic E-state index is -4.62. The third-order valence-corrected chi connectivity index (χ3v) is 6.13. The first-order valence-corrected chi connectivity index (χ1v) is 11.0. The van der Waals surface area contributed by atoms with Crippen molar-refractivity contribution >= 4 is 34.7 Å². The summed E-state index contributed by atoms with van der Waals surface area (Å²) in [7, 11) is 2.67. The van der Waals surface area contributed by atoms with Gasteiger partial charge in [0.25, 0.3) is 11.7 Å². The van der Waals surface area contributed by atoms with Crippen molar-refractivity contribution in [2.75, 3.05) is 19.1 Å². The van der Waals surface area contributed by atoms with Crippen LogP contribution >= 0.6 is 11.6 Å². The van der Waals surface area contributed by atoms with Crippen LogP contribution < -0.4 is 14.4 Å². The standard InChI is InChI=1S/C26H18ClF4NO5/c1-36-19-12-20(37-2)18(27)11-17(19)23(33)21-22(13-3-7-15(28)8-4-13)32(25(35)24(21)34)16-9-5-14(6-10-16)26(29,30)31/h3-12,22,33H,1-2H3/b23-21+. The smallest absolute Gasteiger partial charge is 0.416 e. The largest absolute Gasteiger partial charge is 0.507 e. The molecular formula is C26H18ClF4NO5. The third-order valence-electron chi connectivity index (χ3n) is 5.83. The molecule has 6 nitrogen and oxygen atoms in total. The molecule has 11 heteroatoms. The number of aliphatic hydroxyl groups is 1. The number of hydrogen-bond acceptors (Lipinski definition) is 5. The van der Waals surface area contributed by atoms with Crippen LogP contribution in [-0.4, -0.2) is 31.0 Å². The summed E-state index contributed by atoms with van der Waals surface area (Å²) >= 11 is 6.21. The third kappa shape index (κ3) is 4.72. The Morgan fingerprint density at radius 1 is 0.946 bits per heavy atom. The van der Waals surface area contributed by atoms with Crippen molar-refractivity contribution in [2.45, 2.75) is 12.2 Å². The summed E-state index contributed by atoms with van der Waals surface area (Å²) in [5, 5.41) is 11.4. The average Bonchev–Trinajstić information content (AvgIpc) is 3.13. The summed E-state index contributed by atoms with van der Waals surface area (Å²) in [5.41, 5.74) is -1.20. The molecule has 1 unspecified atom stereocenters. The van der Waals surface area contributed by atoms with Gasteiger partial charge in [0.15, 0.2) is 0 Å². The molecular weight excluding hydrogens is 518 g/mol. The lowest BCUT2D eigenvalue weighted by Crippen LogP contribution is -2.29. The number of benzene rings is 3. The molecule has 37 heavy (non-hydrogen) atoms. The number of rotatable bonds is 5. The van der Waals surface area contributed by atoms with Crippen LogP contribution in [0.1, 0.15) is 22.7 Å². The fraction of sp³-hybridized carbons (Fsp3) is 0.154. The van der Waals surface area contributed by atoms with E-state index in [9.17, 15) is 32.3 Å². The topological polar surface area (TPSA) is 76.1 Å². The SMILES string of the molecule is COc1cc(OC)c(/C(O)=C2\C(=O)C(=O)N(c3ccc(C(F)(F)F)cc3)C2c2ccc(F)cc2)cc1Cl. The minimum Gasteiger partial charge on any atom is -0.507 e. The maximum absolute atomic E-state index is 13.7. The van der Waals surface area contributed by atoms with E-state index in [1.807, 2.05) is 0 Å². The highest BCUT2D eigenvalue weighted by molar-refractivity contribution is 6.51. The lowest BCUT2D eigenvalue weighted by atomic mass is 9.94. The van der Waals surface area contributed by atoms with Crippen LogP contribution in [0.5, 0.6) is 11.5 Å². The van der Waals surface area contributed by atoms with Gasteiger partial charge in [-0.15, -0.1) is 0 Å². The van der Waals surface area contributed by atoms with Gasteiger partial charge >= 0.3 is 6.18 Å². The average molecular weight is 536 g/mol. The van der Waals surface area contributed by atoms with Gasteiger partial charge in [-0.2, -0.15) is 13.2 Å². The van der Waals surface area contributed by atoms with Crippen LogP contribution in [0, 0.1) is 5.82 Å². The highest BCUT2D eigenvalue weighted by Crippen LogP contribution is 2.45. The molecule has 0 aromatic heterocycles. The summed E-state index contributed by atoms with van der Waals surface area (Å²) in [6, 6.07) is 9.74. The first-order chi connectivity index (χ1) is 17.5. The Morgan fingerprint density at radius 3 is 2.08 bits per heavy atom. The van der Waals surface area contributed by atoms with Crippen LogP contribution in [0.15, 0.2) is 66.2 Å². The van der Waals surface area contributed by atoms with Crippen LogP contribution in [0.25, 0.3) is 5.76 Å². The van der Waals surface area contributed by atoms with E-state index in [0.717, 1.165) is 41.3 Å². The van der Waals surface area contributed by atoms with Gasteiger partial charge in [0.2, 0.25) is 0 Å². The molecule has 1 atom stereocenters. The summed E-state index contributed by atoms with van der Waals surface area (Å²) < 4.78 is 63.4. The molecule has 0 aliphatic carbocycles. The van der Waals surface area contributed by atoms with Gasteiger partial charge in [0.05, 0.1) is 42.0 Å². The molecule has 1 saturated heterocycles. The Bertz CT molecular complexity index is 1400. The number of carbonyl (C=O) groups excluding carboxylic acids is 2. The van der Waals surface area contributed by atoms with Gasteiger partial charge in [0.1, 0.15) is 23.1 Å². The Hall–Kier alpha value is -4.05.